The van der Waals surface area contributed by atoms with Gasteiger partial charge in [-0.05, 0) is 43.7 Å². The minimum Gasteiger partial charge on any atom is -0.376 e. The first kappa shape index (κ1) is 15.8. The lowest BCUT2D eigenvalue weighted by molar-refractivity contribution is -0.120. The molecule has 0 bridgehead atoms. The molecule has 1 aromatic rings. The van der Waals surface area contributed by atoms with Gasteiger partial charge in [0, 0.05) is 11.7 Å². The second-order valence-electron chi connectivity index (χ2n) is 5.24. The van der Waals surface area contributed by atoms with Crippen molar-refractivity contribution in [3.05, 3.63) is 30.3 Å². The molecule has 19 heavy (non-hydrogen) atoms. The number of nitrogens with one attached hydrogen (secondary N) is 2. The molecular weight excluding hydrogens is 260 g/mol. The number of anilines is 1. The van der Waals surface area contributed by atoms with Gasteiger partial charge in [0.1, 0.15) is 0 Å². The molecule has 1 aliphatic carbocycles. The SMILES string of the molecule is CC1CCC(NC(=O)CNc2ccccc2)CC1.Cl. The number of amides is 1. The van der Waals surface area contributed by atoms with Gasteiger partial charge in [0.2, 0.25) is 5.91 Å². The van der Waals surface area contributed by atoms with Gasteiger partial charge in [-0.25, -0.2) is 0 Å². The van der Waals surface area contributed by atoms with Crippen molar-refractivity contribution < 1.29 is 4.79 Å². The molecule has 0 atom stereocenters. The van der Waals surface area contributed by atoms with Crippen LogP contribution in [-0.2, 0) is 4.79 Å². The Morgan fingerprint density at radius 3 is 2.42 bits per heavy atom. The largest absolute Gasteiger partial charge is 0.376 e. The highest BCUT2D eigenvalue weighted by Gasteiger charge is 2.19. The van der Waals surface area contributed by atoms with Crippen LogP contribution in [0.25, 0.3) is 0 Å². The van der Waals surface area contributed by atoms with Crippen LogP contribution in [0.4, 0.5) is 5.69 Å². The third-order valence-electron chi connectivity index (χ3n) is 3.61. The Labute approximate surface area is 121 Å². The first-order chi connectivity index (χ1) is 8.74. The standard InChI is InChI=1S/C15H22N2O.ClH/c1-12-7-9-14(10-8-12)17-15(18)11-16-13-5-3-2-4-6-13;/h2-6,12,14,16H,7-11H2,1H3,(H,17,18);1H. The maximum Gasteiger partial charge on any atom is 0.239 e. The molecule has 4 heteroatoms. The average molecular weight is 283 g/mol. The van der Waals surface area contributed by atoms with E-state index in [1.165, 1.54) is 12.8 Å². The highest BCUT2D eigenvalue weighted by molar-refractivity contribution is 5.85. The Balaban J connectivity index is 0.00000180. The van der Waals surface area contributed by atoms with Gasteiger partial charge in [-0.1, -0.05) is 25.1 Å². The van der Waals surface area contributed by atoms with Gasteiger partial charge in [0.05, 0.1) is 6.54 Å². The van der Waals surface area contributed by atoms with Crippen molar-refractivity contribution in [3.8, 4) is 0 Å². The summed E-state index contributed by atoms with van der Waals surface area (Å²) < 4.78 is 0. The molecule has 0 saturated heterocycles. The molecule has 3 nitrogen and oxygen atoms in total. The van der Waals surface area contributed by atoms with Crippen LogP contribution in [-0.4, -0.2) is 18.5 Å². The molecule has 0 aromatic heterocycles. The van der Waals surface area contributed by atoms with Crippen LogP contribution < -0.4 is 10.6 Å². The first-order valence-corrected chi connectivity index (χ1v) is 6.82. The summed E-state index contributed by atoms with van der Waals surface area (Å²) in [5.74, 6) is 0.916. The minimum atomic E-state index is 0. The minimum absolute atomic E-state index is 0. The maximum atomic E-state index is 11.8. The van der Waals surface area contributed by atoms with Crippen LogP contribution in [0.1, 0.15) is 32.6 Å². The first-order valence-electron chi connectivity index (χ1n) is 6.82. The second kappa shape index (κ2) is 8.05. The van der Waals surface area contributed by atoms with Crippen molar-refractivity contribution in [2.75, 3.05) is 11.9 Å². The summed E-state index contributed by atoms with van der Waals surface area (Å²) in [6, 6.07) is 10.2. The van der Waals surface area contributed by atoms with E-state index in [4.69, 9.17) is 0 Å². The third kappa shape index (κ3) is 5.52. The summed E-state index contributed by atoms with van der Waals surface area (Å²) in [4.78, 5) is 11.8. The lowest BCUT2D eigenvalue weighted by Gasteiger charge is -2.27. The Hall–Kier alpha value is -1.22. The number of hydrogen-bond acceptors (Lipinski definition) is 2. The van der Waals surface area contributed by atoms with Crippen molar-refractivity contribution in [1.29, 1.82) is 0 Å². The van der Waals surface area contributed by atoms with E-state index in [0.29, 0.717) is 12.6 Å². The molecular formula is C15H23ClN2O. The van der Waals surface area contributed by atoms with Gasteiger partial charge < -0.3 is 10.6 Å². The monoisotopic (exact) mass is 282 g/mol. The zero-order valence-corrected chi connectivity index (χ0v) is 12.2. The summed E-state index contributed by atoms with van der Waals surface area (Å²) in [7, 11) is 0. The number of benzene rings is 1. The van der Waals surface area contributed by atoms with Crippen molar-refractivity contribution in [2.45, 2.75) is 38.6 Å². The number of para-hydroxylation sites is 1. The van der Waals surface area contributed by atoms with Crippen LogP contribution >= 0.6 is 12.4 Å². The van der Waals surface area contributed by atoms with Crippen molar-refractivity contribution in [2.24, 2.45) is 5.92 Å². The van der Waals surface area contributed by atoms with Gasteiger partial charge in [0.25, 0.3) is 0 Å². The summed E-state index contributed by atoms with van der Waals surface area (Å²) in [5, 5.41) is 6.24. The van der Waals surface area contributed by atoms with Crippen molar-refractivity contribution in [1.82, 2.24) is 5.32 Å². The summed E-state index contributed by atoms with van der Waals surface area (Å²) in [6.07, 6.45) is 4.71. The quantitative estimate of drug-likeness (QED) is 0.890. The van der Waals surface area contributed by atoms with Gasteiger partial charge in [-0.15, -0.1) is 12.4 Å². The lowest BCUT2D eigenvalue weighted by atomic mass is 9.87. The lowest BCUT2D eigenvalue weighted by Crippen LogP contribution is -2.40. The van der Waals surface area contributed by atoms with E-state index < -0.39 is 0 Å². The predicted molar refractivity (Wildman–Crippen MR) is 81.7 cm³/mol. The fraction of sp³-hybridized carbons (Fsp3) is 0.533. The van der Waals surface area contributed by atoms with E-state index in [1.807, 2.05) is 30.3 Å². The summed E-state index contributed by atoms with van der Waals surface area (Å²) in [6.45, 7) is 2.64. The zero-order chi connectivity index (χ0) is 12.8. The van der Waals surface area contributed by atoms with Crippen LogP contribution in [0.15, 0.2) is 30.3 Å². The average Bonchev–Trinajstić information content (AvgIpc) is 2.40. The molecule has 2 N–H and O–H groups in total. The zero-order valence-electron chi connectivity index (χ0n) is 11.4. The number of carbonyl (C=O) groups is 1. The molecule has 1 saturated carbocycles. The molecule has 0 heterocycles. The smallest absolute Gasteiger partial charge is 0.239 e. The maximum absolute atomic E-state index is 11.8. The number of carbonyl (C=O) groups excluding carboxylic acids is 1. The van der Waals surface area contributed by atoms with Crippen LogP contribution in [0.3, 0.4) is 0 Å². The van der Waals surface area contributed by atoms with Crippen molar-refractivity contribution >= 4 is 24.0 Å². The molecule has 0 radical (unpaired) electrons. The van der Waals surface area contributed by atoms with Crippen LogP contribution in [0.5, 0.6) is 0 Å². The number of hydrogen-bond donors (Lipinski definition) is 2. The van der Waals surface area contributed by atoms with E-state index in [9.17, 15) is 4.79 Å². The topological polar surface area (TPSA) is 41.1 Å². The van der Waals surface area contributed by atoms with Crippen LogP contribution in [0.2, 0.25) is 0 Å². The summed E-state index contributed by atoms with van der Waals surface area (Å²) in [5.41, 5.74) is 0.991. The molecule has 0 unspecified atom stereocenters. The number of rotatable bonds is 4. The van der Waals surface area contributed by atoms with Crippen molar-refractivity contribution in [3.63, 3.8) is 0 Å². The molecule has 0 aliphatic heterocycles. The molecule has 0 spiro atoms. The Kier molecular flexibility index (Phi) is 6.71. The molecule has 1 amide bonds. The van der Waals surface area contributed by atoms with E-state index in [2.05, 4.69) is 17.6 Å². The van der Waals surface area contributed by atoms with E-state index >= 15 is 0 Å². The Bertz CT molecular complexity index is 375. The molecule has 1 aliphatic rings. The summed E-state index contributed by atoms with van der Waals surface area (Å²) >= 11 is 0. The molecule has 2 rings (SSSR count). The van der Waals surface area contributed by atoms with Gasteiger partial charge in [0.15, 0.2) is 0 Å². The predicted octanol–water partition coefficient (Wildman–Crippen LogP) is 3.22. The normalized spacial score (nSPS) is 22.2. The van der Waals surface area contributed by atoms with Gasteiger partial charge in [-0.2, -0.15) is 0 Å². The van der Waals surface area contributed by atoms with E-state index in [1.54, 1.807) is 0 Å². The van der Waals surface area contributed by atoms with E-state index in [0.717, 1.165) is 24.4 Å². The molecule has 106 valence electrons. The number of halogens is 1. The fourth-order valence-electron chi connectivity index (χ4n) is 2.42. The second-order valence-corrected chi connectivity index (χ2v) is 5.24. The Morgan fingerprint density at radius 1 is 1.16 bits per heavy atom. The molecule has 1 aromatic carbocycles. The fourth-order valence-corrected chi connectivity index (χ4v) is 2.42. The third-order valence-corrected chi connectivity index (χ3v) is 3.61. The Morgan fingerprint density at radius 2 is 1.79 bits per heavy atom. The van der Waals surface area contributed by atoms with Gasteiger partial charge in [-0.3, -0.25) is 4.79 Å². The van der Waals surface area contributed by atoms with Gasteiger partial charge >= 0.3 is 0 Å². The molecule has 1 fully saturated rings. The highest BCUT2D eigenvalue weighted by atomic mass is 35.5. The van der Waals surface area contributed by atoms with Crippen LogP contribution in [0, 0.1) is 5.92 Å². The highest BCUT2D eigenvalue weighted by Crippen LogP contribution is 2.23. The van der Waals surface area contributed by atoms with E-state index in [-0.39, 0.29) is 18.3 Å².